The number of H-pyrrole nitrogens is 1. The number of amides is 2. The Kier molecular flexibility index (Phi) is 5.79. The predicted molar refractivity (Wildman–Crippen MR) is 121 cm³/mol. The van der Waals surface area contributed by atoms with Crippen molar-refractivity contribution < 1.29 is 18.4 Å². The fourth-order valence-corrected chi connectivity index (χ4v) is 4.19. The van der Waals surface area contributed by atoms with E-state index in [9.17, 15) is 18.4 Å². The Morgan fingerprint density at radius 2 is 1.91 bits per heavy atom. The molecular formula is C24H22F2N6O2. The van der Waals surface area contributed by atoms with Crippen LogP contribution in [-0.2, 0) is 11.3 Å². The molecule has 0 saturated carbocycles. The number of rotatable bonds is 5. The third-order valence-corrected chi connectivity index (χ3v) is 6.00. The van der Waals surface area contributed by atoms with Crippen molar-refractivity contribution in [1.82, 2.24) is 24.6 Å². The van der Waals surface area contributed by atoms with E-state index in [-0.39, 0.29) is 29.8 Å². The summed E-state index contributed by atoms with van der Waals surface area (Å²) in [5.41, 5.74) is 1.71. The number of halogens is 2. The minimum Gasteiger partial charge on any atom is -0.342 e. The van der Waals surface area contributed by atoms with Crippen molar-refractivity contribution in [3.8, 4) is 0 Å². The summed E-state index contributed by atoms with van der Waals surface area (Å²) in [5, 5.41) is 6.72. The number of hydrogen-bond donors (Lipinski definition) is 2. The van der Waals surface area contributed by atoms with E-state index in [1.165, 1.54) is 47.4 Å². The van der Waals surface area contributed by atoms with Crippen molar-refractivity contribution in [2.24, 2.45) is 0 Å². The van der Waals surface area contributed by atoms with Gasteiger partial charge in [0.1, 0.15) is 24.0 Å². The zero-order valence-electron chi connectivity index (χ0n) is 18.2. The predicted octanol–water partition coefficient (Wildman–Crippen LogP) is 3.70. The van der Waals surface area contributed by atoms with Crippen molar-refractivity contribution >= 4 is 28.5 Å². The molecular weight excluding hydrogens is 442 g/mol. The molecule has 1 saturated heterocycles. The molecule has 2 amide bonds. The molecule has 2 N–H and O–H groups in total. The highest BCUT2D eigenvalue weighted by Gasteiger charge is 2.26. The molecule has 0 aliphatic carbocycles. The van der Waals surface area contributed by atoms with Gasteiger partial charge in [-0.25, -0.2) is 13.8 Å². The monoisotopic (exact) mass is 464 g/mol. The first-order chi connectivity index (χ1) is 16.5. The highest BCUT2D eigenvalue weighted by molar-refractivity contribution is 6.04. The standard InChI is InChI=1S/C24H22F2N6O2/c25-16-5-6-20-21(11-16)30-23(29-20)15-7-9-31(10-8-15)22(33)14-32-13-17(12-27-32)28-24(34)18-3-1-2-4-19(18)26/h1-6,11-13,15H,7-10,14H2,(H,28,34)(H,29,30). The van der Waals surface area contributed by atoms with Gasteiger partial charge < -0.3 is 15.2 Å². The van der Waals surface area contributed by atoms with Crippen LogP contribution in [0.3, 0.4) is 0 Å². The van der Waals surface area contributed by atoms with Crippen LogP contribution in [0.4, 0.5) is 14.5 Å². The topological polar surface area (TPSA) is 95.9 Å². The number of likely N-dealkylation sites (tertiary alicyclic amines) is 1. The number of aromatic amines is 1. The Labute approximate surface area is 193 Å². The number of benzene rings is 2. The summed E-state index contributed by atoms with van der Waals surface area (Å²) < 4.78 is 28.7. The van der Waals surface area contributed by atoms with Gasteiger partial charge in [0.05, 0.1) is 28.5 Å². The number of imidazole rings is 1. The summed E-state index contributed by atoms with van der Waals surface area (Å²) >= 11 is 0. The average Bonchev–Trinajstić information content (AvgIpc) is 3.45. The summed E-state index contributed by atoms with van der Waals surface area (Å²) in [6.45, 7) is 1.18. The molecule has 174 valence electrons. The van der Waals surface area contributed by atoms with Crippen molar-refractivity contribution in [3.63, 3.8) is 0 Å². The molecule has 0 spiro atoms. The van der Waals surface area contributed by atoms with E-state index in [1.54, 1.807) is 17.0 Å². The van der Waals surface area contributed by atoms with Gasteiger partial charge in [-0.2, -0.15) is 5.10 Å². The first-order valence-corrected chi connectivity index (χ1v) is 11.0. The number of nitrogens with zero attached hydrogens (tertiary/aromatic N) is 4. The van der Waals surface area contributed by atoms with E-state index in [0.717, 1.165) is 24.2 Å². The number of carbonyl (C=O) groups excluding carboxylic acids is 2. The second kappa shape index (κ2) is 9.05. The van der Waals surface area contributed by atoms with Crippen LogP contribution >= 0.6 is 0 Å². The van der Waals surface area contributed by atoms with Crippen molar-refractivity contribution in [2.75, 3.05) is 18.4 Å². The maximum Gasteiger partial charge on any atom is 0.258 e. The molecule has 1 aliphatic heterocycles. The SMILES string of the molecule is O=C(Nc1cnn(CC(=O)N2CCC(c3nc4ccc(F)cc4[nH]3)CC2)c1)c1ccccc1F. The average molecular weight is 464 g/mol. The quantitative estimate of drug-likeness (QED) is 0.471. The van der Waals surface area contributed by atoms with Gasteiger partial charge in [-0.3, -0.25) is 14.3 Å². The largest absolute Gasteiger partial charge is 0.342 e. The first-order valence-electron chi connectivity index (χ1n) is 11.0. The van der Waals surface area contributed by atoms with Gasteiger partial charge in [0.2, 0.25) is 5.91 Å². The highest BCUT2D eigenvalue weighted by atomic mass is 19.1. The number of nitrogens with one attached hydrogen (secondary N) is 2. The van der Waals surface area contributed by atoms with E-state index in [1.807, 2.05) is 0 Å². The van der Waals surface area contributed by atoms with Crippen LogP contribution in [0, 0.1) is 11.6 Å². The summed E-state index contributed by atoms with van der Waals surface area (Å²) in [5.74, 6) is -0.600. The van der Waals surface area contributed by atoms with Crippen LogP contribution in [-0.4, -0.2) is 49.6 Å². The van der Waals surface area contributed by atoms with Crippen LogP contribution in [0.2, 0.25) is 0 Å². The number of anilines is 1. The Morgan fingerprint density at radius 1 is 1.12 bits per heavy atom. The zero-order chi connectivity index (χ0) is 23.7. The maximum atomic E-state index is 13.8. The molecule has 1 fully saturated rings. The van der Waals surface area contributed by atoms with Gasteiger partial charge >= 0.3 is 0 Å². The molecule has 8 nitrogen and oxygen atoms in total. The summed E-state index contributed by atoms with van der Waals surface area (Å²) in [4.78, 5) is 34.5. The molecule has 10 heteroatoms. The Morgan fingerprint density at radius 3 is 2.71 bits per heavy atom. The molecule has 0 bridgehead atoms. The second-order valence-electron chi connectivity index (χ2n) is 8.30. The summed E-state index contributed by atoms with van der Waals surface area (Å²) in [7, 11) is 0. The van der Waals surface area contributed by atoms with Gasteiger partial charge in [-0.1, -0.05) is 12.1 Å². The lowest BCUT2D eigenvalue weighted by atomic mass is 9.96. The first kappa shape index (κ1) is 21.7. The minimum atomic E-state index is -0.610. The van der Waals surface area contributed by atoms with Gasteiger partial charge in [-0.15, -0.1) is 0 Å². The van der Waals surface area contributed by atoms with Crippen LogP contribution < -0.4 is 5.32 Å². The van der Waals surface area contributed by atoms with Crippen LogP contribution in [0.1, 0.15) is 34.9 Å². The smallest absolute Gasteiger partial charge is 0.258 e. The molecule has 5 rings (SSSR count). The molecule has 3 heterocycles. The van der Waals surface area contributed by atoms with Crippen LogP contribution in [0.25, 0.3) is 11.0 Å². The number of fused-ring (bicyclic) bond motifs is 1. The number of aromatic nitrogens is 4. The van der Waals surface area contributed by atoms with Crippen molar-refractivity contribution in [2.45, 2.75) is 25.3 Å². The Hall–Kier alpha value is -4.08. The van der Waals surface area contributed by atoms with Gasteiger partial charge in [0, 0.05) is 25.2 Å². The summed E-state index contributed by atoms with van der Waals surface area (Å²) in [6.07, 6.45) is 4.45. The van der Waals surface area contributed by atoms with Crippen LogP contribution in [0.15, 0.2) is 54.9 Å². The molecule has 1 aliphatic rings. The molecule has 0 atom stereocenters. The molecule has 34 heavy (non-hydrogen) atoms. The molecule has 0 unspecified atom stereocenters. The lowest BCUT2D eigenvalue weighted by Gasteiger charge is -2.31. The van der Waals surface area contributed by atoms with E-state index in [0.29, 0.717) is 24.3 Å². The number of piperidine rings is 1. The minimum absolute atomic E-state index is 0.0319. The fraction of sp³-hybridized carbons (Fsp3) is 0.250. The molecule has 2 aromatic heterocycles. The van der Waals surface area contributed by atoms with E-state index < -0.39 is 11.7 Å². The van der Waals surface area contributed by atoms with Crippen molar-refractivity contribution in [1.29, 1.82) is 0 Å². The maximum absolute atomic E-state index is 13.8. The lowest BCUT2D eigenvalue weighted by molar-refractivity contribution is -0.133. The van der Waals surface area contributed by atoms with Crippen molar-refractivity contribution in [3.05, 3.63) is 77.9 Å². The Bertz CT molecular complexity index is 1360. The van der Waals surface area contributed by atoms with Gasteiger partial charge in [0.25, 0.3) is 5.91 Å². The number of hydrogen-bond acceptors (Lipinski definition) is 4. The lowest BCUT2D eigenvalue weighted by Crippen LogP contribution is -2.40. The van der Waals surface area contributed by atoms with Gasteiger partial charge in [-0.05, 0) is 43.2 Å². The normalized spacial score (nSPS) is 14.5. The molecule has 4 aromatic rings. The van der Waals surface area contributed by atoms with Gasteiger partial charge in [0.15, 0.2) is 0 Å². The second-order valence-corrected chi connectivity index (χ2v) is 8.30. The third kappa shape index (κ3) is 4.52. The van der Waals surface area contributed by atoms with E-state index >= 15 is 0 Å². The highest BCUT2D eigenvalue weighted by Crippen LogP contribution is 2.28. The molecule has 2 aromatic carbocycles. The molecule has 0 radical (unpaired) electrons. The van der Waals surface area contributed by atoms with E-state index in [4.69, 9.17) is 0 Å². The van der Waals surface area contributed by atoms with E-state index in [2.05, 4.69) is 20.4 Å². The van der Waals surface area contributed by atoms with Crippen LogP contribution in [0.5, 0.6) is 0 Å². The number of carbonyl (C=O) groups is 2. The zero-order valence-corrected chi connectivity index (χ0v) is 18.2. The summed E-state index contributed by atoms with van der Waals surface area (Å²) in [6, 6.07) is 10.2. The Balaban J connectivity index is 1.15. The third-order valence-electron chi connectivity index (χ3n) is 6.00. The fourth-order valence-electron chi connectivity index (χ4n) is 4.19.